The summed E-state index contributed by atoms with van der Waals surface area (Å²) in [5.74, 6) is 0.0913. The molecule has 0 bridgehead atoms. The third-order valence-corrected chi connectivity index (χ3v) is 4.50. The van der Waals surface area contributed by atoms with Crippen LogP contribution in [0.15, 0.2) is 52.9 Å². The van der Waals surface area contributed by atoms with Crippen molar-refractivity contribution in [2.75, 3.05) is 19.7 Å². The van der Waals surface area contributed by atoms with Crippen LogP contribution < -0.4 is 0 Å². The Kier molecular flexibility index (Phi) is 5.41. The van der Waals surface area contributed by atoms with E-state index in [1.54, 1.807) is 23.1 Å². The lowest BCUT2D eigenvalue weighted by molar-refractivity contribution is 0.0693. The minimum absolute atomic E-state index is 0.0916. The summed E-state index contributed by atoms with van der Waals surface area (Å²) in [6, 6.07) is 15.3. The molecular formula is C20H20ClNO3. The van der Waals surface area contributed by atoms with Gasteiger partial charge in [-0.2, -0.15) is 0 Å². The quantitative estimate of drug-likeness (QED) is 0.723. The SMILES string of the molecule is Cc1c(C(=O)N(CCO)CCc2ccccc2)oc2ccc(Cl)cc12. The molecule has 4 nitrogen and oxygen atoms in total. The van der Waals surface area contributed by atoms with Crippen LogP contribution in [0.25, 0.3) is 11.0 Å². The van der Waals surface area contributed by atoms with Gasteiger partial charge < -0.3 is 14.4 Å². The third kappa shape index (κ3) is 3.86. The van der Waals surface area contributed by atoms with Crippen LogP contribution in [0.2, 0.25) is 5.02 Å². The first-order valence-electron chi connectivity index (χ1n) is 8.23. The van der Waals surface area contributed by atoms with E-state index < -0.39 is 0 Å². The Morgan fingerprint density at radius 3 is 2.64 bits per heavy atom. The molecule has 5 heteroatoms. The summed E-state index contributed by atoms with van der Waals surface area (Å²) in [6.45, 7) is 2.54. The van der Waals surface area contributed by atoms with Gasteiger partial charge in [0, 0.05) is 29.1 Å². The lowest BCUT2D eigenvalue weighted by atomic mass is 10.1. The number of hydrogen-bond donors (Lipinski definition) is 1. The largest absolute Gasteiger partial charge is 0.451 e. The van der Waals surface area contributed by atoms with Crippen molar-refractivity contribution in [1.82, 2.24) is 4.90 Å². The van der Waals surface area contributed by atoms with E-state index in [1.807, 2.05) is 37.3 Å². The third-order valence-electron chi connectivity index (χ3n) is 4.26. The summed E-state index contributed by atoms with van der Waals surface area (Å²) >= 11 is 6.04. The van der Waals surface area contributed by atoms with Crippen LogP contribution in [0.5, 0.6) is 0 Å². The molecule has 1 N–H and O–H groups in total. The number of aryl methyl sites for hydroxylation is 1. The van der Waals surface area contributed by atoms with Crippen LogP contribution in [-0.2, 0) is 6.42 Å². The van der Waals surface area contributed by atoms with Gasteiger partial charge in [0.15, 0.2) is 5.76 Å². The van der Waals surface area contributed by atoms with E-state index in [4.69, 9.17) is 16.0 Å². The minimum atomic E-state index is -0.213. The topological polar surface area (TPSA) is 53.7 Å². The first kappa shape index (κ1) is 17.5. The number of amides is 1. The number of carbonyl (C=O) groups excluding carboxylic acids is 1. The zero-order valence-electron chi connectivity index (χ0n) is 14.0. The molecule has 0 fully saturated rings. The highest BCUT2D eigenvalue weighted by molar-refractivity contribution is 6.31. The molecule has 0 aliphatic heterocycles. The lowest BCUT2D eigenvalue weighted by Gasteiger charge is -2.21. The molecule has 3 aromatic rings. The van der Waals surface area contributed by atoms with Gasteiger partial charge in [0.05, 0.1) is 6.61 Å². The summed E-state index contributed by atoms with van der Waals surface area (Å²) in [6.07, 6.45) is 0.720. The molecule has 0 saturated carbocycles. The Morgan fingerprint density at radius 1 is 1.16 bits per heavy atom. The van der Waals surface area contributed by atoms with E-state index in [-0.39, 0.29) is 19.1 Å². The van der Waals surface area contributed by atoms with E-state index >= 15 is 0 Å². The van der Waals surface area contributed by atoms with Crippen LogP contribution in [-0.4, -0.2) is 35.6 Å². The molecule has 0 saturated heterocycles. The number of halogens is 1. The predicted molar refractivity (Wildman–Crippen MR) is 99.1 cm³/mol. The normalized spacial score (nSPS) is 11.0. The number of benzene rings is 2. The summed E-state index contributed by atoms with van der Waals surface area (Å²) in [5, 5.41) is 10.8. The minimum Gasteiger partial charge on any atom is -0.451 e. The molecule has 0 spiro atoms. The van der Waals surface area contributed by atoms with Crippen molar-refractivity contribution in [3.8, 4) is 0 Å². The molecule has 3 rings (SSSR count). The number of fused-ring (bicyclic) bond motifs is 1. The monoisotopic (exact) mass is 357 g/mol. The second-order valence-corrected chi connectivity index (χ2v) is 6.38. The molecule has 25 heavy (non-hydrogen) atoms. The lowest BCUT2D eigenvalue weighted by Crippen LogP contribution is -2.35. The standard InChI is InChI=1S/C20H20ClNO3/c1-14-17-13-16(21)7-8-18(17)25-19(14)20(24)22(11-12-23)10-9-15-5-3-2-4-6-15/h2-8,13,23H,9-12H2,1H3. The highest BCUT2D eigenvalue weighted by Gasteiger charge is 2.23. The van der Waals surface area contributed by atoms with Crippen molar-refractivity contribution in [3.63, 3.8) is 0 Å². The van der Waals surface area contributed by atoms with Crippen molar-refractivity contribution in [3.05, 3.63) is 70.4 Å². The summed E-state index contributed by atoms with van der Waals surface area (Å²) in [4.78, 5) is 14.5. The Labute approximate surface area is 151 Å². The van der Waals surface area contributed by atoms with Crippen LogP contribution in [0.4, 0.5) is 0 Å². The Balaban J connectivity index is 1.84. The first-order valence-corrected chi connectivity index (χ1v) is 8.60. The average Bonchev–Trinajstić information content (AvgIpc) is 2.95. The van der Waals surface area contributed by atoms with Crippen molar-refractivity contribution >= 4 is 28.5 Å². The van der Waals surface area contributed by atoms with Gasteiger partial charge in [-0.25, -0.2) is 0 Å². The first-order chi connectivity index (χ1) is 12.1. The van der Waals surface area contributed by atoms with Gasteiger partial charge in [-0.1, -0.05) is 41.9 Å². The maximum atomic E-state index is 12.9. The molecule has 0 atom stereocenters. The number of furan rings is 1. The van der Waals surface area contributed by atoms with E-state index in [0.29, 0.717) is 22.9 Å². The van der Waals surface area contributed by atoms with Crippen molar-refractivity contribution in [1.29, 1.82) is 0 Å². The Hall–Kier alpha value is -2.30. The zero-order valence-corrected chi connectivity index (χ0v) is 14.8. The number of rotatable bonds is 6. The van der Waals surface area contributed by atoms with E-state index in [9.17, 15) is 9.90 Å². The molecule has 1 aromatic heterocycles. The fraction of sp³-hybridized carbons (Fsp3) is 0.250. The Morgan fingerprint density at radius 2 is 1.92 bits per heavy atom. The summed E-state index contributed by atoms with van der Waals surface area (Å²) < 4.78 is 5.76. The van der Waals surface area contributed by atoms with E-state index in [2.05, 4.69) is 0 Å². The van der Waals surface area contributed by atoms with Crippen LogP contribution in [0.3, 0.4) is 0 Å². The average molecular weight is 358 g/mol. The van der Waals surface area contributed by atoms with Crippen LogP contribution >= 0.6 is 11.6 Å². The summed E-state index contributed by atoms with van der Waals surface area (Å²) in [7, 11) is 0. The molecule has 0 aliphatic carbocycles. The Bertz CT molecular complexity index is 873. The van der Waals surface area contributed by atoms with E-state index in [1.165, 1.54) is 0 Å². The number of hydrogen-bond acceptors (Lipinski definition) is 3. The van der Waals surface area contributed by atoms with Crippen molar-refractivity contribution in [2.24, 2.45) is 0 Å². The number of carbonyl (C=O) groups is 1. The van der Waals surface area contributed by atoms with Crippen LogP contribution in [0, 0.1) is 6.92 Å². The van der Waals surface area contributed by atoms with Gasteiger partial charge in [-0.05, 0) is 37.1 Å². The van der Waals surface area contributed by atoms with Gasteiger partial charge in [-0.15, -0.1) is 0 Å². The maximum absolute atomic E-state index is 12.9. The van der Waals surface area contributed by atoms with Gasteiger partial charge in [-0.3, -0.25) is 4.79 Å². The molecule has 1 amide bonds. The second-order valence-electron chi connectivity index (χ2n) is 5.95. The fourth-order valence-electron chi connectivity index (χ4n) is 2.89. The van der Waals surface area contributed by atoms with Crippen molar-refractivity contribution < 1.29 is 14.3 Å². The van der Waals surface area contributed by atoms with Crippen molar-refractivity contribution in [2.45, 2.75) is 13.3 Å². The van der Waals surface area contributed by atoms with Crippen LogP contribution in [0.1, 0.15) is 21.7 Å². The molecule has 0 radical (unpaired) electrons. The van der Waals surface area contributed by atoms with Gasteiger partial charge in [0.25, 0.3) is 5.91 Å². The van der Waals surface area contributed by atoms with E-state index in [0.717, 1.165) is 22.9 Å². The highest BCUT2D eigenvalue weighted by Crippen LogP contribution is 2.28. The maximum Gasteiger partial charge on any atom is 0.289 e. The fourth-order valence-corrected chi connectivity index (χ4v) is 3.06. The summed E-state index contributed by atoms with van der Waals surface area (Å²) in [5.41, 5.74) is 2.55. The molecule has 0 aliphatic rings. The smallest absolute Gasteiger partial charge is 0.289 e. The second kappa shape index (κ2) is 7.72. The molecule has 1 heterocycles. The molecule has 130 valence electrons. The van der Waals surface area contributed by atoms with Gasteiger partial charge in [0.1, 0.15) is 5.58 Å². The molecule has 0 unspecified atom stereocenters. The highest BCUT2D eigenvalue weighted by atomic mass is 35.5. The molecule has 2 aromatic carbocycles. The number of aliphatic hydroxyl groups excluding tert-OH is 1. The zero-order chi connectivity index (χ0) is 17.8. The molecular weight excluding hydrogens is 338 g/mol. The van der Waals surface area contributed by atoms with Gasteiger partial charge >= 0.3 is 0 Å². The van der Waals surface area contributed by atoms with Gasteiger partial charge in [0.2, 0.25) is 0 Å². The number of aliphatic hydroxyl groups is 1. The predicted octanol–water partition coefficient (Wildman–Crippen LogP) is 4.07. The number of nitrogens with zero attached hydrogens (tertiary/aromatic N) is 1.